The molecule has 0 saturated carbocycles. The minimum atomic E-state index is -4.34. The van der Waals surface area contributed by atoms with E-state index in [0.29, 0.717) is 48.5 Å². The van der Waals surface area contributed by atoms with E-state index >= 15 is 0 Å². The first-order valence-electron chi connectivity index (χ1n) is 12.2. The van der Waals surface area contributed by atoms with Crippen molar-refractivity contribution in [2.45, 2.75) is 25.6 Å². The van der Waals surface area contributed by atoms with E-state index in [-0.39, 0.29) is 0 Å². The number of aromatic nitrogens is 6. The van der Waals surface area contributed by atoms with Gasteiger partial charge in [0.2, 0.25) is 0 Å². The second-order valence-electron chi connectivity index (χ2n) is 8.75. The molecule has 0 fully saturated rings. The molecule has 38 heavy (non-hydrogen) atoms. The highest BCUT2D eigenvalue weighted by atomic mass is 19.4. The van der Waals surface area contributed by atoms with Crippen molar-refractivity contribution in [1.82, 2.24) is 35.9 Å². The summed E-state index contributed by atoms with van der Waals surface area (Å²) in [5.41, 5.74) is 4.14. The predicted molar refractivity (Wildman–Crippen MR) is 135 cm³/mol. The number of aromatic amines is 2. The van der Waals surface area contributed by atoms with E-state index in [1.807, 2.05) is 18.2 Å². The van der Waals surface area contributed by atoms with E-state index in [0.717, 1.165) is 47.8 Å². The highest BCUT2D eigenvalue weighted by Gasteiger charge is 2.30. The smallest absolute Gasteiger partial charge is 0.416 e. The molecular weight excluding hydrogens is 499 g/mol. The molecule has 3 heterocycles. The van der Waals surface area contributed by atoms with Crippen molar-refractivity contribution < 1.29 is 22.6 Å². The number of halogens is 3. The van der Waals surface area contributed by atoms with Crippen LogP contribution in [0.5, 0.6) is 5.75 Å². The number of unbranched alkanes of at least 4 members (excludes halogenated alkanes) is 1. The quantitative estimate of drug-likeness (QED) is 0.199. The van der Waals surface area contributed by atoms with Crippen LogP contribution in [0.2, 0.25) is 0 Å². The average molecular weight is 526 g/mol. The van der Waals surface area contributed by atoms with Gasteiger partial charge < -0.3 is 19.8 Å². The van der Waals surface area contributed by atoms with E-state index in [1.54, 1.807) is 18.5 Å². The van der Waals surface area contributed by atoms with Crippen LogP contribution in [0.3, 0.4) is 0 Å². The van der Waals surface area contributed by atoms with E-state index < -0.39 is 11.7 Å². The van der Waals surface area contributed by atoms with E-state index in [9.17, 15) is 13.2 Å². The molecule has 12 heteroatoms. The first-order chi connectivity index (χ1) is 18.5. The maximum atomic E-state index is 12.9. The van der Waals surface area contributed by atoms with Gasteiger partial charge in [0.25, 0.3) is 0 Å². The zero-order chi connectivity index (χ0) is 26.4. The first kappa shape index (κ1) is 25.6. The molecule has 3 aromatic heterocycles. The SMILES string of the molecule is FC(F)(F)c1ccc2[nH]c(CNCCCCOCCOc3cc(-c4ccnnc4)cc4[nH]nnc34)cc2c1. The number of H-pyrrole nitrogens is 2. The van der Waals surface area contributed by atoms with Gasteiger partial charge in [0.05, 0.1) is 30.1 Å². The Morgan fingerprint density at radius 1 is 0.895 bits per heavy atom. The van der Waals surface area contributed by atoms with E-state index in [4.69, 9.17) is 9.47 Å². The minimum absolute atomic E-state index is 0.370. The lowest BCUT2D eigenvalue weighted by Crippen LogP contribution is -2.15. The number of fused-ring (bicyclic) bond motifs is 2. The Morgan fingerprint density at radius 2 is 1.82 bits per heavy atom. The molecule has 0 bridgehead atoms. The lowest BCUT2D eigenvalue weighted by Gasteiger charge is -2.10. The molecule has 0 amide bonds. The molecule has 0 saturated heterocycles. The summed E-state index contributed by atoms with van der Waals surface area (Å²) >= 11 is 0. The molecule has 5 rings (SSSR count). The molecule has 0 aliphatic rings. The third-order valence-electron chi connectivity index (χ3n) is 6.01. The summed E-state index contributed by atoms with van der Waals surface area (Å²) in [6, 6.07) is 11.2. The van der Waals surface area contributed by atoms with Gasteiger partial charge in [-0.1, -0.05) is 5.21 Å². The Hall–Kier alpha value is -4.03. The van der Waals surface area contributed by atoms with Crippen molar-refractivity contribution in [1.29, 1.82) is 0 Å². The van der Waals surface area contributed by atoms with Crippen LogP contribution in [0.4, 0.5) is 13.2 Å². The molecule has 0 spiro atoms. The van der Waals surface area contributed by atoms with Crippen LogP contribution in [-0.2, 0) is 17.5 Å². The molecule has 5 aromatic rings. The standard InChI is InChI=1S/C26H26F3N7O2/c27-26(28,29)20-3-4-22-19(11-20)12-21(33-22)16-30-6-1-2-8-37-9-10-38-24-14-18(17-5-7-31-32-15-17)13-23-25(24)35-36-34-23/h3-5,7,11-15,30,33H,1-2,6,8-10,16H2,(H,34,35,36). The summed E-state index contributed by atoms with van der Waals surface area (Å²) in [4.78, 5) is 3.15. The molecule has 0 atom stereocenters. The fourth-order valence-corrected chi connectivity index (χ4v) is 4.12. The molecule has 2 aromatic carbocycles. The maximum absolute atomic E-state index is 12.9. The summed E-state index contributed by atoms with van der Waals surface area (Å²) in [6.45, 7) is 2.72. The first-order valence-corrected chi connectivity index (χ1v) is 12.2. The van der Waals surface area contributed by atoms with Crippen molar-refractivity contribution >= 4 is 21.9 Å². The average Bonchev–Trinajstić information content (AvgIpc) is 3.56. The third kappa shape index (κ3) is 6.26. The Bertz CT molecular complexity index is 1490. The van der Waals surface area contributed by atoms with Crippen molar-refractivity contribution in [3.05, 3.63) is 66.1 Å². The number of benzene rings is 2. The molecular formula is C26H26F3N7O2. The lowest BCUT2D eigenvalue weighted by atomic mass is 10.1. The number of alkyl halides is 3. The van der Waals surface area contributed by atoms with Crippen molar-refractivity contribution in [2.24, 2.45) is 0 Å². The van der Waals surface area contributed by atoms with Gasteiger partial charge in [0.15, 0.2) is 5.52 Å². The van der Waals surface area contributed by atoms with Gasteiger partial charge in [-0.3, -0.25) is 5.10 Å². The molecule has 0 radical (unpaired) electrons. The van der Waals surface area contributed by atoms with Crippen LogP contribution in [0.25, 0.3) is 33.1 Å². The van der Waals surface area contributed by atoms with Gasteiger partial charge in [-0.2, -0.15) is 23.4 Å². The summed E-state index contributed by atoms with van der Waals surface area (Å²) in [5.74, 6) is 0.613. The lowest BCUT2D eigenvalue weighted by molar-refractivity contribution is -0.137. The number of hydrogen-bond acceptors (Lipinski definition) is 7. The van der Waals surface area contributed by atoms with Crippen molar-refractivity contribution in [3.8, 4) is 16.9 Å². The Kier molecular flexibility index (Phi) is 7.80. The molecule has 198 valence electrons. The fourth-order valence-electron chi connectivity index (χ4n) is 4.12. The number of ether oxygens (including phenoxy) is 2. The zero-order valence-corrected chi connectivity index (χ0v) is 20.4. The van der Waals surface area contributed by atoms with Gasteiger partial charge in [0, 0.05) is 35.3 Å². The summed E-state index contributed by atoms with van der Waals surface area (Å²) in [5, 5.41) is 22.4. The molecule has 0 unspecified atom stereocenters. The van der Waals surface area contributed by atoms with Crippen LogP contribution in [0, 0.1) is 0 Å². The fraction of sp³-hybridized carbons (Fsp3) is 0.308. The van der Waals surface area contributed by atoms with E-state index in [1.165, 1.54) is 12.1 Å². The molecule has 0 aliphatic carbocycles. The van der Waals surface area contributed by atoms with E-state index in [2.05, 4.69) is 35.9 Å². The van der Waals surface area contributed by atoms with Crippen LogP contribution in [0.15, 0.2) is 54.9 Å². The topological polar surface area (TPSA) is 114 Å². The minimum Gasteiger partial charge on any atom is -0.489 e. The summed E-state index contributed by atoms with van der Waals surface area (Å²) in [6.07, 6.45) is 0.741. The maximum Gasteiger partial charge on any atom is 0.416 e. The molecule has 9 nitrogen and oxygen atoms in total. The van der Waals surface area contributed by atoms with Gasteiger partial charge in [-0.25, -0.2) is 0 Å². The predicted octanol–water partition coefficient (Wildman–Crippen LogP) is 4.88. The summed E-state index contributed by atoms with van der Waals surface area (Å²) in [7, 11) is 0. The van der Waals surface area contributed by atoms with Gasteiger partial charge in [-0.15, -0.1) is 5.10 Å². The highest BCUT2D eigenvalue weighted by Crippen LogP contribution is 2.32. The number of nitrogens with zero attached hydrogens (tertiary/aromatic N) is 4. The van der Waals surface area contributed by atoms with Gasteiger partial charge in [-0.05, 0) is 67.4 Å². The number of rotatable bonds is 12. The second kappa shape index (κ2) is 11.6. The van der Waals surface area contributed by atoms with Crippen LogP contribution in [0.1, 0.15) is 24.1 Å². The zero-order valence-electron chi connectivity index (χ0n) is 20.4. The van der Waals surface area contributed by atoms with Gasteiger partial charge in [0.1, 0.15) is 12.4 Å². The normalized spacial score (nSPS) is 12.0. The molecule has 3 N–H and O–H groups in total. The third-order valence-corrected chi connectivity index (χ3v) is 6.01. The molecule has 0 aliphatic heterocycles. The Morgan fingerprint density at radius 3 is 2.66 bits per heavy atom. The number of hydrogen-bond donors (Lipinski definition) is 3. The van der Waals surface area contributed by atoms with Crippen LogP contribution in [-0.4, -0.2) is 57.0 Å². The highest BCUT2D eigenvalue weighted by molar-refractivity contribution is 5.86. The van der Waals surface area contributed by atoms with Gasteiger partial charge >= 0.3 is 6.18 Å². The second-order valence-corrected chi connectivity index (χ2v) is 8.75. The largest absolute Gasteiger partial charge is 0.489 e. The van der Waals surface area contributed by atoms with Crippen molar-refractivity contribution in [2.75, 3.05) is 26.4 Å². The van der Waals surface area contributed by atoms with Crippen LogP contribution < -0.4 is 10.1 Å². The number of nitrogens with one attached hydrogen (secondary N) is 3. The summed E-state index contributed by atoms with van der Waals surface area (Å²) < 4.78 is 50.3. The van der Waals surface area contributed by atoms with Crippen molar-refractivity contribution in [3.63, 3.8) is 0 Å². The monoisotopic (exact) mass is 525 g/mol. The van der Waals surface area contributed by atoms with Crippen LogP contribution >= 0.6 is 0 Å². The Labute approximate surface area is 215 Å². The Balaban J connectivity index is 0.994.